The maximum atomic E-state index is 13.7. The van der Waals surface area contributed by atoms with Crippen molar-refractivity contribution in [3.63, 3.8) is 0 Å². The molecule has 10 nitrogen and oxygen atoms in total. The first-order valence-corrected chi connectivity index (χ1v) is 12.9. The number of Topliss-reactive ketones (excluding diaryl/α,β-unsaturated/α-hetero) is 1. The van der Waals surface area contributed by atoms with E-state index in [-0.39, 0.29) is 17.7 Å². The van der Waals surface area contributed by atoms with Crippen LogP contribution in [0.5, 0.6) is 23.0 Å². The topological polar surface area (TPSA) is 113 Å². The summed E-state index contributed by atoms with van der Waals surface area (Å²) in [5, 5.41) is 7.31. The Balaban J connectivity index is 1.50. The molecule has 1 N–H and O–H groups in total. The third-order valence-electron chi connectivity index (χ3n) is 6.87. The second kappa shape index (κ2) is 12.0. The van der Waals surface area contributed by atoms with Crippen molar-refractivity contribution in [2.75, 3.05) is 28.4 Å². The van der Waals surface area contributed by atoms with Crippen LogP contribution < -0.4 is 24.3 Å². The van der Waals surface area contributed by atoms with Gasteiger partial charge in [0.05, 0.1) is 34.6 Å². The van der Waals surface area contributed by atoms with Gasteiger partial charge in [0.15, 0.2) is 34.4 Å². The van der Waals surface area contributed by atoms with Gasteiger partial charge in [-0.2, -0.15) is 5.10 Å². The van der Waals surface area contributed by atoms with Crippen LogP contribution >= 0.6 is 0 Å². The number of hydrogen-bond donors (Lipinski definition) is 1. The molecule has 5 rings (SSSR count). The Morgan fingerprint density at radius 2 is 1.44 bits per heavy atom. The molecule has 1 fully saturated rings. The smallest absolute Gasteiger partial charge is 0.257 e. The summed E-state index contributed by atoms with van der Waals surface area (Å²) in [5.74, 6) is 1.87. The maximum Gasteiger partial charge on any atom is 0.257 e. The van der Waals surface area contributed by atoms with Gasteiger partial charge >= 0.3 is 0 Å². The van der Waals surface area contributed by atoms with Crippen LogP contribution in [0.3, 0.4) is 0 Å². The fourth-order valence-electron chi connectivity index (χ4n) is 4.88. The van der Waals surface area contributed by atoms with Crippen molar-refractivity contribution in [1.82, 2.24) is 19.9 Å². The molecule has 10 heteroatoms. The van der Waals surface area contributed by atoms with Crippen LogP contribution in [0.2, 0.25) is 0 Å². The Hall–Kier alpha value is -5.12. The van der Waals surface area contributed by atoms with Gasteiger partial charge in [-0.3, -0.25) is 9.59 Å². The van der Waals surface area contributed by atoms with Gasteiger partial charge in [0.2, 0.25) is 0 Å². The van der Waals surface area contributed by atoms with E-state index >= 15 is 0 Å². The molecule has 1 aliphatic carbocycles. The monoisotopic (exact) mass is 554 g/mol. The molecule has 4 aromatic rings. The van der Waals surface area contributed by atoms with E-state index < -0.39 is 0 Å². The minimum atomic E-state index is -0.350. The molecule has 0 unspecified atom stereocenters. The van der Waals surface area contributed by atoms with Crippen LogP contribution in [0.4, 0.5) is 0 Å². The molecule has 0 saturated heterocycles. The van der Waals surface area contributed by atoms with Crippen LogP contribution in [0.25, 0.3) is 17.8 Å². The first-order chi connectivity index (χ1) is 19.9. The molecule has 0 aliphatic heterocycles. The molecule has 2 aromatic heterocycles. The lowest BCUT2D eigenvalue weighted by Gasteiger charge is -2.27. The Morgan fingerprint density at radius 3 is 1.98 bits per heavy atom. The molecule has 0 spiro atoms. The summed E-state index contributed by atoms with van der Waals surface area (Å²) in [5.41, 5.74) is 3.47. The summed E-state index contributed by atoms with van der Waals surface area (Å²) in [6.07, 6.45) is 9.16. The van der Waals surface area contributed by atoms with Gasteiger partial charge in [0.1, 0.15) is 5.56 Å². The summed E-state index contributed by atoms with van der Waals surface area (Å²) in [6, 6.07) is 12.3. The fourth-order valence-corrected chi connectivity index (χ4v) is 4.88. The number of rotatable bonds is 8. The minimum Gasteiger partial charge on any atom is -0.493 e. The third kappa shape index (κ3) is 5.76. The van der Waals surface area contributed by atoms with E-state index in [1.54, 1.807) is 63.5 Å². The van der Waals surface area contributed by atoms with E-state index in [1.165, 1.54) is 6.20 Å². The van der Waals surface area contributed by atoms with Gasteiger partial charge < -0.3 is 24.3 Å². The highest BCUT2D eigenvalue weighted by atomic mass is 16.5. The number of nitrogens with one attached hydrogen (secondary N) is 1. The number of hydrogen-bond acceptors (Lipinski definition) is 8. The van der Waals surface area contributed by atoms with Crippen molar-refractivity contribution in [3.05, 3.63) is 88.9 Å². The maximum absolute atomic E-state index is 13.7. The summed E-state index contributed by atoms with van der Waals surface area (Å²) in [4.78, 5) is 31.3. The number of nitrogens with zero attached hydrogens (tertiary/aromatic N) is 3. The highest BCUT2D eigenvalue weighted by Crippen LogP contribution is 2.34. The molecule has 1 amide bonds. The Bertz CT molecular complexity index is 1590. The first-order valence-electron chi connectivity index (χ1n) is 12.9. The normalized spacial score (nSPS) is 17.1. The summed E-state index contributed by atoms with van der Waals surface area (Å²) in [7, 11) is 6.26. The highest BCUT2D eigenvalue weighted by molar-refractivity contribution is 6.14. The zero-order valence-electron chi connectivity index (χ0n) is 23.2. The van der Waals surface area contributed by atoms with Gasteiger partial charge in [0, 0.05) is 29.6 Å². The number of ether oxygens (including phenoxy) is 4. The predicted molar refractivity (Wildman–Crippen MR) is 154 cm³/mol. The van der Waals surface area contributed by atoms with Crippen LogP contribution in [0.15, 0.2) is 72.2 Å². The average Bonchev–Trinajstić information content (AvgIpc) is 3.43. The third-order valence-corrected chi connectivity index (χ3v) is 6.87. The first kappa shape index (κ1) is 27.4. The lowest BCUT2D eigenvalue weighted by molar-refractivity contribution is -0.113. The van der Waals surface area contributed by atoms with Crippen LogP contribution in [0, 0.1) is 0 Å². The van der Waals surface area contributed by atoms with Gasteiger partial charge in [-0.25, -0.2) is 9.50 Å². The van der Waals surface area contributed by atoms with Crippen LogP contribution in [0.1, 0.15) is 34.3 Å². The van der Waals surface area contributed by atoms with E-state index in [4.69, 9.17) is 18.9 Å². The zero-order chi connectivity index (χ0) is 28.9. The molecule has 2 heterocycles. The SMILES string of the molecule is COc1ccc(/C=C2\CC(NC(=O)c3cnn4cccnc34)C/C(=C\c3ccc(OC)c(OC)c3)C2=O)cc1OC. The Labute approximate surface area is 237 Å². The number of benzene rings is 2. The van der Waals surface area contributed by atoms with Crippen molar-refractivity contribution >= 4 is 29.5 Å². The standard InChI is InChI=1S/C31H30N4O6/c1-38-25-8-6-19(14-27(25)40-3)12-21-16-23(34-31(37)24-18-33-35-11-5-10-32-30(24)35)17-22(29(21)36)13-20-7-9-26(39-2)28(15-20)41-4/h5-15,18,23H,16-17H2,1-4H3,(H,34,37)/b21-12+,22-13+. The number of fused-ring (bicyclic) bond motifs is 1. The molecule has 210 valence electrons. The lowest BCUT2D eigenvalue weighted by Crippen LogP contribution is -2.39. The largest absolute Gasteiger partial charge is 0.493 e. The molecule has 0 atom stereocenters. The number of methoxy groups -OCH3 is 4. The van der Waals surface area contributed by atoms with Crippen LogP contribution in [-0.4, -0.2) is 60.8 Å². The average molecular weight is 555 g/mol. The highest BCUT2D eigenvalue weighted by Gasteiger charge is 2.30. The second-order valence-corrected chi connectivity index (χ2v) is 9.42. The molecule has 41 heavy (non-hydrogen) atoms. The van der Waals surface area contributed by atoms with E-state index in [9.17, 15) is 9.59 Å². The van der Waals surface area contributed by atoms with Gasteiger partial charge in [-0.05, 0) is 66.5 Å². The number of carbonyl (C=O) groups excluding carboxylic acids is 2. The number of aromatic nitrogens is 3. The second-order valence-electron chi connectivity index (χ2n) is 9.42. The summed E-state index contributed by atoms with van der Waals surface area (Å²) in [6.45, 7) is 0. The van der Waals surface area contributed by atoms with Crippen molar-refractivity contribution in [2.45, 2.75) is 18.9 Å². The van der Waals surface area contributed by atoms with Crippen molar-refractivity contribution in [2.24, 2.45) is 0 Å². The summed E-state index contributed by atoms with van der Waals surface area (Å²) < 4.78 is 23.1. The zero-order valence-corrected chi connectivity index (χ0v) is 23.2. The molecule has 2 aromatic carbocycles. The van der Waals surface area contributed by atoms with Crippen molar-refractivity contribution in [1.29, 1.82) is 0 Å². The van der Waals surface area contributed by atoms with E-state index in [0.717, 1.165) is 11.1 Å². The van der Waals surface area contributed by atoms with Crippen LogP contribution in [-0.2, 0) is 4.79 Å². The quantitative estimate of drug-likeness (QED) is 0.319. The number of carbonyl (C=O) groups is 2. The molecule has 0 bridgehead atoms. The Kier molecular flexibility index (Phi) is 8.00. The molecular weight excluding hydrogens is 524 g/mol. The molecule has 1 saturated carbocycles. The summed E-state index contributed by atoms with van der Waals surface area (Å²) >= 11 is 0. The van der Waals surface area contributed by atoms with E-state index in [1.807, 2.05) is 36.4 Å². The van der Waals surface area contributed by atoms with Gasteiger partial charge in [0.25, 0.3) is 5.91 Å². The fraction of sp³-hybridized carbons (Fsp3) is 0.226. The predicted octanol–water partition coefficient (Wildman–Crippen LogP) is 4.39. The Morgan fingerprint density at radius 1 is 0.878 bits per heavy atom. The molecular formula is C31H30N4O6. The van der Waals surface area contributed by atoms with E-state index in [0.29, 0.717) is 58.2 Å². The van der Waals surface area contributed by atoms with Crippen molar-refractivity contribution < 1.29 is 28.5 Å². The van der Waals surface area contributed by atoms with Gasteiger partial charge in [-0.15, -0.1) is 0 Å². The number of ketones is 1. The van der Waals surface area contributed by atoms with E-state index in [2.05, 4.69) is 15.4 Å². The lowest BCUT2D eigenvalue weighted by atomic mass is 9.83. The van der Waals surface area contributed by atoms with Crippen molar-refractivity contribution in [3.8, 4) is 23.0 Å². The number of amides is 1. The molecule has 0 radical (unpaired) electrons. The molecule has 1 aliphatic rings. The van der Waals surface area contributed by atoms with Gasteiger partial charge in [-0.1, -0.05) is 12.1 Å². The minimum absolute atomic E-state index is 0.0993.